The van der Waals surface area contributed by atoms with Crippen LogP contribution in [0.25, 0.3) is 5.76 Å². The molecule has 0 aromatic heterocycles. The number of aliphatic hydroxyl groups excluding tert-OH is 1. The van der Waals surface area contributed by atoms with E-state index in [-0.39, 0.29) is 16.7 Å². The van der Waals surface area contributed by atoms with Crippen molar-refractivity contribution in [2.24, 2.45) is 0 Å². The number of hydrogen-bond donors (Lipinski definition) is 1. The van der Waals surface area contributed by atoms with E-state index in [0.29, 0.717) is 37.7 Å². The van der Waals surface area contributed by atoms with Crippen LogP contribution < -0.4 is 4.74 Å². The fourth-order valence-corrected chi connectivity index (χ4v) is 5.71. The summed E-state index contributed by atoms with van der Waals surface area (Å²) in [6.07, 6.45) is 0.719. The Balaban J connectivity index is 1.41. The van der Waals surface area contributed by atoms with Gasteiger partial charge in [-0.15, -0.1) is 0 Å². The maximum atomic E-state index is 13.5. The van der Waals surface area contributed by atoms with Gasteiger partial charge in [-0.05, 0) is 65.3 Å². The predicted molar refractivity (Wildman–Crippen MR) is 168 cm³/mol. The Morgan fingerprint density at radius 3 is 2.26 bits per heavy atom. The van der Waals surface area contributed by atoms with E-state index in [1.54, 1.807) is 29.2 Å². The minimum absolute atomic E-state index is 0.0402. The number of carbonyl (C=O) groups excluding carboxylic acids is 2. The molecule has 2 aliphatic heterocycles. The van der Waals surface area contributed by atoms with Gasteiger partial charge in [0.15, 0.2) is 0 Å². The van der Waals surface area contributed by atoms with Crippen molar-refractivity contribution >= 4 is 17.4 Å². The predicted octanol–water partition coefficient (Wildman–Crippen LogP) is 6.02. The van der Waals surface area contributed by atoms with Crippen LogP contribution >= 0.6 is 0 Å². The van der Waals surface area contributed by atoms with Gasteiger partial charge in [-0.25, -0.2) is 0 Å². The van der Waals surface area contributed by atoms with Crippen molar-refractivity contribution in [3.8, 4) is 5.75 Å². The number of aliphatic hydroxyl groups is 1. The van der Waals surface area contributed by atoms with Gasteiger partial charge in [0, 0.05) is 31.7 Å². The first-order valence-electron chi connectivity index (χ1n) is 15.1. The highest BCUT2D eigenvalue weighted by Gasteiger charge is 2.45. The average Bonchev–Trinajstić information content (AvgIpc) is 3.26. The van der Waals surface area contributed by atoms with E-state index in [4.69, 9.17) is 9.47 Å². The lowest BCUT2D eigenvalue weighted by Crippen LogP contribution is -2.39. The third kappa shape index (κ3) is 7.00. The quantitative estimate of drug-likeness (QED) is 0.189. The number of amides is 1. The van der Waals surface area contributed by atoms with Gasteiger partial charge in [0.05, 0.1) is 24.8 Å². The lowest BCUT2D eigenvalue weighted by Gasteiger charge is -2.29. The maximum Gasteiger partial charge on any atom is 0.295 e. The monoisotopic (exact) mass is 582 g/mol. The van der Waals surface area contributed by atoms with E-state index < -0.39 is 17.7 Å². The number of carbonyl (C=O) groups is 2. The van der Waals surface area contributed by atoms with E-state index in [9.17, 15) is 14.7 Å². The van der Waals surface area contributed by atoms with Crippen LogP contribution in [-0.2, 0) is 26.3 Å². The number of rotatable bonds is 9. The molecule has 7 heteroatoms. The number of benzene rings is 3. The SMILES string of the molecule is Cc1ccccc1COc1ccc(/C(O)=C2\C(=O)C(=O)N(CCCN3CCOCC3)C2c2ccc(C(C)(C)C)cc2)cc1. The van der Waals surface area contributed by atoms with Crippen molar-refractivity contribution in [2.45, 2.75) is 52.2 Å². The van der Waals surface area contributed by atoms with Crippen LogP contribution in [0, 0.1) is 6.92 Å². The Morgan fingerprint density at radius 1 is 0.930 bits per heavy atom. The highest BCUT2D eigenvalue weighted by atomic mass is 16.5. The van der Waals surface area contributed by atoms with Gasteiger partial charge < -0.3 is 19.5 Å². The second-order valence-corrected chi connectivity index (χ2v) is 12.4. The molecule has 1 unspecified atom stereocenters. The maximum absolute atomic E-state index is 13.5. The van der Waals surface area contributed by atoms with Crippen molar-refractivity contribution in [3.05, 3.63) is 106 Å². The molecule has 2 heterocycles. The van der Waals surface area contributed by atoms with Gasteiger partial charge >= 0.3 is 0 Å². The average molecular weight is 583 g/mol. The summed E-state index contributed by atoms with van der Waals surface area (Å²) < 4.78 is 11.4. The molecule has 0 bridgehead atoms. The fourth-order valence-electron chi connectivity index (χ4n) is 5.71. The molecule has 5 rings (SSSR count). The zero-order chi connectivity index (χ0) is 30.6. The molecule has 0 spiro atoms. The van der Waals surface area contributed by atoms with Crippen LogP contribution in [-0.4, -0.2) is 66.0 Å². The molecular formula is C36H42N2O5. The highest BCUT2D eigenvalue weighted by molar-refractivity contribution is 6.46. The zero-order valence-corrected chi connectivity index (χ0v) is 25.6. The number of morpholine rings is 1. The minimum atomic E-state index is -0.671. The molecule has 7 nitrogen and oxygen atoms in total. The summed E-state index contributed by atoms with van der Waals surface area (Å²) in [7, 11) is 0. The largest absolute Gasteiger partial charge is 0.507 e. The second kappa shape index (κ2) is 13.1. The standard InChI is InChI=1S/C36H42N2O5/c1-25-8-5-6-9-28(25)24-43-30-16-12-27(13-17-30)33(39)31-32(26-10-14-29(15-11-26)36(2,3)4)38(35(41)34(31)40)19-7-18-37-20-22-42-23-21-37/h5-6,8-17,32,39H,7,18-24H2,1-4H3/b33-31+. The molecule has 0 saturated carbocycles. The molecule has 2 aliphatic rings. The fraction of sp³-hybridized carbons (Fsp3) is 0.389. The number of hydrogen-bond acceptors (Lipinski definition) is 6. The summed E-state index contributed by atoms with van der Waals surface area (Å²) in [6, 6.07) is 22.4. The van der Waals surface area contributed by atoms with Crippen LogP contribution in [0.3, 0.4) is 0 Å². The van der Waals surface area contributed by atoms with Crippen LogP contribution in [0.4, 0.5) is 0 Å². The second-order valence-electron chi connectivity index (χ2n) is 12.4. The Labute approximate surface area is 254 Å². The molecule has 1 atom stereocenters. The molecule has 0 aliphatic carbocycles. The third-order valence-corrected chi connectivity index (χ3v) is 8.39. The first-order chi connectivity index (χ1) is 20.6. The molecule has 3 aromatic carbocycles. The summed E-state index contributed by atoms with van der Waals surface area (Å²) in [5.74, 6) is -0.762. The Morgan fingerprint density at radius 2 is 1.60 bits per heavy atom. The van der Waals surface area contributed by atoms with Crippen LogP contribution in [0.1, 0.15) is 61.1 Å². The van der Waals surface area contributed by atoms with Crippen molar-refractivity contribution in [2.75, 3.05) is 39.4 Å². The van der Waals surface area contributed by atoms with Crippen molar-refractivity contribution in [1.29, 1.82) is 0 Å². The van der Waals surface area contributed by atoms with Crippen molar-refractivity contribution < 1.29 is 24.2 Å². The molecule has 1 amide bonds. The van der Waals surface area contributed by atoms with Gasteiger partial charge in [-0.1, -0.05) is 69.3 Å². The normalized spacial score (nSPS) is 19.2. The Hall–Kier alpha value is -3.94. The molecule has 2 saturated heterocycles. The Bertz CT molecular complexity index is 1460. The van der Waals surface area contributed by atoms with Gasteiger partial charge in [-0.2, -0.15) is 0 Å². The molecule has 2 fully saturated rings. The van der Waals surface area contributed by atoms with Crippen LogP contribution in [0.15, 0.2) is 78.4 Å². The van der Waals surface area contributed by atoms with Gasteiger partial charge in [0.2, 0.25) is 0 Å². The number of likely N-dealkylation sites (tertiary alicyclic amines) is 1. The van der Waals surface area contributed by atoms with E-state index in [2.05, 4.69) is 25.7 Å². The van der Waals surface area contributed by atoms with Gasteiger partial charge in [0.25, 0.3) is 11.7 Å². The zero-order valence-electron chi connectivity index (χ0n) is 25.6. The smallest absolute Gasteiger partial charge is 0.295 e. The minimum Gasteiger partial charge on any atom is -0.507 e. The van der Waals surface area contributed by atoms with Gasteiger partial charge in [0.1, 0.15) is 18.1 Å². The number of Topliss-reactive ketones (excluding diaryl/α,β-unsaturated/α-hetero) is 1. The van der Waals surface area contributed by atoms with Crippen LogP contribution in [0.5, 0.6) is 5.75 Å². The third-order valence-electron chi connectivity index (χ3n) is 8.39. The summed E-state index contributed by atoms with van der Waals surface area (Å²) >= 11 is 0. The molecular weight excluding hydrogens is 540 g/mol. The summed E-state index contributed by atoms with van der Waals surface area (Å²) in [6.45, 7) is 13.3. The lowest BCUT2D eigenvalue weighted by molar-refractivity contribution is -0.140. The summed E-state index contributed by atoms with van der Waals surface area (Å²) in [5.41, 5.74) is 4.75. The van der Waals surface area contributed by atoms with Gasteiger partial charge in [-0.3, -0.25) is 14.5 Å². The molecule has 1 N–H and O–H groups in total. The van der Waals surface area contributed by atoms with Crippen LogP contribution in [0.2, 0.25) is 0 Å². The van der Waals surface area contributed by atoms with E-state index >= 15 is 0 Å². The molecule has 0 radical (unpaired) electrons. The summed E-state index contributed by atoms with van der Waals surface area (Å²) in [4.78, 5) is 30.9. The van der Waals surface area contributed by atoms with Crippen molar-refractivity contribution in [3.63, 3.8) is 0 Å². The summed E-state index contributed by atoms with van der Waals surface area (Å²) in [5, 5.41) is 11.5. The number of ketones is 1. The topological polar surface area (TPSA) is 79.3 Å². The molecule has 226 valence electrons. The first-order valence-corrected chi connectivity index (χ1v) is 15.1. The first kappa shape index (κ1) is 30.5. The van der Waals surface area contributed by atoms with Crippen molar-refractivity contribution in [1.82, 2.24) is 9.80 Å². The van der Waals surface area contributed by atoms with E-state index in [1.165, 1.54) is 0 Å². The highest BCUT2D eigenvalue weighted by Crippen LogP contribution is 2.40. The molecule has 3 aromatic rings. The van der Waals surface area contributed by atoms with E-state index in [0.717, 1.165) is 48.3 Å². The lowest BCUT2D eigenvalue weighted by atomic mass is 9.85. The van der Waals surface area contributed by atoms with E-state index in [1.807, 2.05) is 55.5 Å². The number of aryl methyl sites for hydroxylation is 1. The number of ether oxygens (including phenoxy) is 2. The Kier molecular flexibility index (Phi) is 9.33. The molecule has 43 heavy (non-hydrogen) atoms. The number of nitrogens with zero attached hydrogens (tertiary/aromatic N) is 2.